The number of hydrogen-bond acceptors (Lipinski definition) is 3. The molecule has 0 aliphatic heterocycles. The third-order valence-corrected chi connectivity index (χ3v) is 3.48. The van der Waals surface area contributed by atoms with Gasteiger partial charge in [-0.25, -0.2) is 4.39 Å². The monoisotopic (exact) mass is 270 g/mol. The van der Waals surface area contributed by atoms with Gasteiger partial charge in [-0.05, 0) is 42.8 Å². The normalized spacial score (nSPS) is 10.4. The third kappa shape index (κ3) is 5.51. The molecule has 1 rings (SSSR count). The molecule has 0 spiro atoms. The molecule has 1 aromatic rings. The summed E-state index contributed by atoms with van der Waals surface area (Å²) < 4.78 is 13.0. The van der Waals surface area contributed by atoms with E-state index in [2.05, 4.69) is 5.32 Å². The number of hydrogen-bond donors (Lipinski definition) is 2. The number of halogens is 1. The van der Waals surface area contributed by atoms with Crippen LogP contribution in [0.15, 0.2) is 18.2 Å². The van der Waals surface area contributed by atoms with E-state index in [1.807, 2.05) is 0 Å². The molecule has 0 radical (unpaired) electrons. The van der Waals surface area contributed by atoms with Crippen LogP contribution in [0.5, 0.6) is 0 Å². The van der Waals surface area contributed by atoms with Crippen molar-refractivity contribution in [3.05, 3.63) is 35.1 Å². The second-order valence-corrected chi connectivity index (χ2v) is 5.16. The highest BCUT2D eigenvalue weighted by molar-refractivity contribution is 7.99. The van der Waals surface area contributed by atoms with Crippen molar-refractivity contribution in [2.75, 3.05) is 18.1 Å². The van der Waals surface area contributed by atoms with E-state index in [1.165, 1.54) is 6.07 Å². The average Bonchev–Trinajstić information content (AvgIpc) is 2.36. The van der Waals surface area contributed by atoms with Crippen molar-refractivity contribution in [1.82, 2.24) is 5.32 Å². The zero-order valence-electron chi connectivity index (χ0n) is 10.5. The molecule has 3 nitrogen and oxygen atoms in total. The van der Waals surface area contributed by atoms with Crippen molar-refractivity contribution in [2.45, 2.75) is 19.9 Å². The van der Waals surface area contributed by atoms with Crippen molar-refractivity contribution in [1.29, 1.82) is 0 Å². The van der Waals surface area contributed by atoms with Crippen LogP contribution in [0.2, 0.25) is 0 Å². The molecule has 18 heavy (non-hydrogen) atoms. The number of rotatable bonds is 7. The Bertz CT molecular complexity index is 399. The van der Waals surface area contributed by atoms with Crippen LogP contribution in [-0.2, 0) is 11.3 Å². The van der Waals surface area contributed by atoms with Crippen LogP contribution in [0.1, 0.15) is 17.5 Å². The van der Waals surface area contributed by atoms with E-state index < -0.39 is 0 Å². The molecule has 0 bridgehead atoms. The van der Waals surface area contributed by atoms with Crippen molar-refractivity contribution >= 4 is 17.7 Å². The fourth-order valence-electron chi connectivity index (χ4n) is 1.42. The topological polar surface area (TPSA) is 55.1 Å². The molecule has 100 valence electrons. The number of carbonyl (C=O) groups excluding carboxylic acids is 1. The van der Waals surface area contributed by atoms with Crippen molar-refractivity contribution in [2.24, 2.45) is 5.73 Å². The Morgan fingerprint density at radius 3 is 2.94 bits per heavy atom. The second-order valence-electron chi connectivity index (χ2n) is 4.06. The maximum atomic E-state index is 13.0. The Balaban J connectivity index is 2.27. The lowest BCUT2D eigenvalue weighted by atomic mass is 10.1. The predicted octanol–water partition coefficient (Wildman–Crippen LogP) is 1.83. The van der Waals surface area contributed by atoms with E-state index >= 15 is 0 Å². The summed E-state index contributed by atoms with van der Waals surface area (Å²) in [5.41, 5.74) is 6.87. The van der Waals surface area contributed by atoms with E-state index in [-0.39, 0.29) is 11.7 Å². The van der Waals surface area contributed by atoms with Crippen LogP contribution < -0.4 is 11.1 Å². The minimum Gasteiger partial charge on any atom is -0.351 e. The second kappa shape index (κ2) is 8.11. The fraction of sp³-hybridized carbons (Fsp3) is 0.462. The van der Waals surface area contributed by atoms with Gasteiger partial charge >= 0.3 is 0 Å². The van der Waals surface area contributed by atoms with Crippen LogP contribution in [0.3, 0.4) is 0 Å². The molecule has 1 amide bonds. The number of aryl methyl sites for hydroxylation is 1. The standard InChI is InChI=1S/C13H19FN2OS/c1-10-7-11(3-4-12(10)14)8-16-13(17)9-18-6-2-5-15/h3-4,7H,2,5-6,8-9,15H2,1H3,(H,16,17). The van der Waals surface area contributed by atoms with Gasteiger partial charge in [-0.2, -0.15) is 11.8 Å². The first-order chi connectivity index (χ1) is 8.63. The summed E-state index contributed by atoms with van der Waals surface area (Å²) in [5, 5.41) is 2.81. The van der Waals surface area contributed by atoms with E-state index in [1.54, 1.807) is 30.8 Å². The summed E-state index contributed by atoms with van der Waals surface area (Å²) in [6.07, 6.45) is 0.926. The maximum Gasteiger partial charge on any atom is 0.230 e. The maximum absolute atomic E-state index is 13.0. The van der Waals surface area contributed by atoms with Gasteiger partial charge in [0, 0.05) is 6.54 Å². The van der Waals surface area contributed by atoms with Gasteiger partial charge < -0.3 is 11.1 Å². The van der Waals surface area contributed by atoms with Crippen LogP contribution in [-0.4, -0.2) is 24.0 Å². The average molecular weight is 270 g/mol. The molecule has 0 aromatic heterocycles. The Labute approximate surface area is 111 Å². The molecule has 0 heterocycles. The molecule has 0 aliphatic rings. The number of nitrogens with one attached hydrogen (secondary N) is 1. The van der Waals surface area contributed by atoms with Gasteiger partial charge in [0.05, 0.1) is 5.75 Å². The first-order valence-corrected chi connectivity index (χ1v) is 7.08. The molecular weight excluding hydrogens is 251 g/mol. The molecule has 3 N–H and O–H groups in total. The Kier molecular flexibility index (Phi) is 6.75. The zero-order chi connectivity index (χ0) is 13.4. The summed E-state index contributed by atoms with van der Waals surface area (Å²) in [6.45, 7) is 2.81. The van der Waals surface area contributed by atoms with E-state index in [9.17, 15) is 9.18 Å². The highest BCUT2D eigenvalue weighted by Crippen LogP contribution is 2.09. The number of carbonyl (C=O) groups is 1. The third-order valence-electron chi connectivity index (χ3n) is 2.44. The highest BCUT2D eigenvalue weighted by Gasteiger charge is 2.03. The molecule has 0 fully saturated rings. The minimum absolute atomic E-state index is 0.000926. The van der Waals surface area contributed by atoms with E-state index in [0.29, 0.717) is 24.4 Å². The molecule has 0 saturated heterocycles. The van der Waals surface area contributed by atoms with Crippen LogP contribution >= 0.6 is 11.8 Å². The SMILES string of the molecule is Cc1cc(CNC(=O)CSCCCN)ccc1F. The smallest absolute Gasteiger partial charge is 0.230 e. The Hall–Kier alpha value is -1.07. The first-order valence-electron chi connectivity index (χ1n) is 5.93. The van der Waals surface area contributed by atoms with Crippen molar-refractivity contribution in [3.8, 4) is 0 Å². The van der Waals surface area contributed by atoms with Crippen molar-refractivity contribution < 1.29 is 9.18 Å². The number of nitrogens with two attached hydrogens (primary N) is 1. The predicted molar refractivity (Wildman–Crippen MR) is 74.0 cm³/mol. The Morgan fingerprint density at radius 1 is 1.50 bits per heavy atom. The van der Waals surface area contributed by atoms with Crippen LogP contribution in [0, 0.1) is 12.7 Å². The van der Waals surface area contributed by atoms with E-state index in [0.717, 1.165) is 17.7 Å². The molecule has 1 aromatic carbocycles. The van der Waals surface area contributed by atoms with Crippen molar-refractivity contribution in [3.63, 3.8) is 0 Å². The van der Waals surface area contributed by atoms with Crippen LogP contribution in [0.25, 0.3) is 0 Å². The van der Waals surface area contributed by atoms with Gasteiger partial charge in [0.15, 0.2) is 0 Å². The van der Waals surface area contributed by atoms with Gasteiger partial charge in [0.1, 0.15) is 5.82 Å². The first kappa shape index (κ1) is 15.0. The fourth-order valence-corrected chi connectivity index (χ4v) is 2.22. The molecule has 0 unspecified atom stereocenters. The summed E-state index contributed by atoms with van der Waals surface area (Å²) in [6, 6.07) is 4.86. The van der Waals surface area contributed by atoms with Gasteiger partial charge in [-0.15, -0.1) is 0 Å². The minimum atomic E-state index is -0.220. The van der Waals surface area contributed by atoms with Gasteiger partial charge in [0.2, 0.25) is 5.91 Å². The summed E-state index contributed by atoms with van der Waals surface area (Å²) in [4.78, 5) is 11.5. The van der Waals surface area contributed by atoms with Gasteiger partial charge in [0.25, 0.3) is 0 Å². The van der Waals surface area contributed by atoms with Gasteiger partial charge in [-0.1, -0.05) is 12.1 Å². The number of benzene rings is 1. The Morgan fingerprint density at radius 2 is 2.28 bits per heavy atom. The molecule has 0 atom stereocenters. The number of thioether (sulfide) groups is 1. The lowest BCUT2D eigenvalue weighted by Gasteiger charge is -2.06. The number of amides is 1. The lowest BCUT2D eigenvalue weighted by Crippen LogP contribution is -2.24. The van der Waals surface area contributed by atoms with Crippen LogP contribution in [0.4, 0.5) is 4.39 Å². The summed E-state index contributed by atoms with van der Waals surface area (Å²) >= 11 is 1.57. The molecular formula is C13H19FN2OS. The van der Waals surface area contributed by atoms with Gasteiger partial charge in [-0.3, -0.25) is 4.79 Å². The summed E-state index contributed by atoms with van der Waals surface area (Å²) in [7, 11) is 0. The molecule has 0 saturated carbocycles. The quantitative estimate of drug-likeness (QED) is 0.743. The largest absolute Gasteiger partial charge is 0.351 e. The lowest BCUT2D eigenvalue weighted by molar-refractivity contribution is -0.118. The summed E-state index contributed by atoms with van der Waals surface area (Å²) in [5.74, 6) is 1.13. The molecule has 5 heteroatoms. The zero-order valence-corrected chi connectivity index (χ0v) is 11.4. The highest BCUT2D eigenvalue weighted by atomic mass is 32.2. The van der Waals surface area contributed by atoms with E-state index in [4.69, 9.17) is 5.73 Å². The molecule has 0 aliphatic carbocycles.